The van der Waals surface area contributed by atoms with Gasteiger partial charge >= 0.3 is 0 Å². The van der Waals surface area contributed by atoms with Crippen LogP contribution in [0.5, 0.6) is 0 Å². The monoisotopic (exact) mass is 327 g/mol. The highest BCUT2D eigenvalue weighted by atomic mass is 32.1. The molecule has 0 aliphatic heterocycles. The van der Waals surface area contributed by atoms with Gasteiger partial charge < -0.3 is 5.32 Å². The zero-order chi connectivity index (χ0) is 15.2. The molecule has 0 aliphatic carbocycles. The van der Waals surface area contributed by atoms with Gasteiger partial charge in [0, 0.05) is 11.3 Å². The van der Waals surface area contributed by atoms with Crippen LogP contribution in [0.25, 0.3) is 10.6 Å². The molecule has 22 heavy (non-hydrogen) atoms. The lowest BCUT2D eigenvalue weighted by Crippen LogP contribution is -2.33. The van der Waals surface area contributed by atoms with Gasteiger partial charge in [-0.1, -0.05) is 59.9 Å². The fourth-order valence-electron chi connectivity index (χ4n) is 1.77. The predicted molar refractivity (Wildman–Crippen MR) is 94.8 cm³/mol. The van der Waals surface area contributed by atoms with Crippen LogP contribution in [0.1, 0.15) is 0 Å². The van der Waals surface area contributed by atoms with Crippen molar-refractivity contribution in [2.24, 2.45) is 0 Å². The third-order valence-corrected chi connectivity index (χ3v) is 3.85. The van der Waals surface area contributed by atoms with E-state index < -0.39 is 0 Å². The fraction of sp³-hybridized carbons (Fsp3) is 0. The van der Waals surface area contributed by atoms with Gasteiger partial charge in [-0.3, -0.25) is 10.9 Å². The van der Waals surface area contributed by atoms with Crippen LogP contribution in [0.3, 0.4) is 0 Å². The molecule has 3 aromatic rings. The van der Waals surface area contributed by atoms with Crippen LogP contribution in [0.15, 0.2) is 60.7 Å². The fourth-order valence-corrected chi connectivity index (χ4v) is 2.64. The number of hydrogen-bond acceptors (Lipinski definition) is 5. The van der Waals surface area contributed by atoms with E-state index in [1.807, 2.05) is 60.7 Å². The van der Waals surface area contributed by atoms with E-state index in [-0.39, 0.29) is 0 Å². The standard InChI is InChI=1S/C15H13N5S2/c21-14(16-12-9-5-2-6-10-12)18-20-15-19-17-13(22-15)11-7-3-1-4-8-11/h1-10H,(H,19,20)(H2,16,18,21). The Balaban J connectivity index is 1.56. The predicted octanol–water partition coefficient (Wildman–Crippen LogP) is 3.52. The minimum absolute atomic E-state index is 0.461. The molecule has 0 fully saturated rings. The molecular weight excluding hydrogens is 314 g/mol. The van der Waals surface area contributed by atoms with Crippen molar-refractivity contribution in [3.8, 4) is 10.6 Å². The molecule has 0 spiro atoms. The van der Waals surface area contributed by atoms with Gasteiger partial charge in [0.25, 0.3) is 0 Å². The van der Waals surface area contributed by atoms with E-state index in [2.05, 4.69) is 26.4 Å². The number of aromatic nitrogens is 2. The lowest BCUT2D eigenvalue weighted by atomic mass is 10.2. The Morgan fingerprint density at radius 2 is 1.59 bits per heavy atom. The highest BCUT2D eigenvalue weighted by Crippen LogP contribution is 2.25. The number of thiocarbonyl (C=S) groups is 1. The van der Waals surface area contributed by atoms with Crippen molar-refractivity contribution in [1.29, 1.82) is 0 Å². The molecule has 0 aliphatic rings. The van der Waals surface area contributed by atoms with Crippen LogP contribution >= 0.6 is 23.6 Å². The average Bonchev–Trinajstić information content (AvgIpc) is 3.04. The van der Waals surface area contributed by atoms with Gasteiger partial charge in [-0.2, -0.15) is 0 Å². The lowest BCUT2D eigenvalue weighted by molar-refractivity contribution is 1.04. The lowest BCUT2D eigenvalue weighted by Gasteiger charge is -2.09. The summed E-state index contributed by atoms with van der Waals surface area (Å²) in [6, 6.07) is 19.6. The first kappa shape index (κ1) is 14.4. The summed E-state index contributed by atoms with van der Waals surface area (Å²) >= 11 is 6.66. The largest absolute Gasteiger partial charge is 0.331 e. The average molecular weight is 327 g/mol. The zero-order valence-electron chi connectivity index (χ0n) is 11.5. The third-order valence-electron chi connectivity index (χ3n) is 2.76. The van der Waals surface area contributed by atoms with Crippen molar-refractivity contribution in [3.05, 3.63) is 60.7 Å². The highest BCUT2D eigenvalue weighted by molar-refractivity contribution is 7.80. The second-order valence-corrected chi connectivity index (χ2v) is 5.73. The van der Waals surface area contributed by atoms with Crippen molar-refractivity contribution in [1.82, 2.24) is 15.6 Å². The van der Waals surface area contributed by atoms with Crippen LogP contribution in [-0.2, 0) is 0 Å². The maximum atomic E-state index is 5.21. The third kappa shape index (κ3) is 3.78. The summed E-state index contributed by atoms with van der Waals surface area (Å²) < 4.78 is 0. The summed E-state index contributed by atoms with van der Waals surface area (Å²) in [5.74, 6) is 0. The van der Waals surface area contributed by atoms with Gasteiger partial charge in [0.05, 0.1) is 0 Å². The van der Waals surface area contributed by atoms with E-state index >= 15 is 0 Å². The SMILES string of the molecule is S=C(NNc1nnc(-c2ccccc2)s1)Nc1ccccc1. The Morgan fingerprint density at radius 1 is 0.909 bits per heavy atom. The van der Waals surface area contributed by atoms with Gasteiger partial charge in [0.2, 0.25) is 5.13 Å². The van der Waals surface area contributed by atoms with Crippen LogP contribution < -0.4 is 16.2 Å². The number of para-hydroxylation sites is 1. The number of rotatable bonds is 4. The summed E-state index contributed by atoms with van der Waals surface area (Å²) in [4.78, 5) is 0. The second-order valence-electron chi connectivity index (χ2n) is 4.35. The maximum Gasteiger partial charge on any atom is 0.224 e. The molecule has 0 unspecified atom stereocenters. The highest BCUT2D eigenvalue weighted by Gasteiger charge is 2.06. The molecule has 0 radical (unpaired) electrons. The maximum absolute atomic E-state index is 5.21. The molecule has 0 bridgehead atoms. The molecule has 1 heterocycles. The van der Waals surface area contributed by atoms with Gasteiger partial charge in [0.15, 0.2) is 5.11 Å². The first-order chi connectivity index (χ1) is 10.8. The molecule has 5 nitrogen and oxygen atoms in total. The van der Waals surface area contributed by atoms with Gasteiger partial charge in [-0.15, -0.1) is 10.2 Å². The van der Waals surface area contributed by atoms with Crippen molar-refractivity contribution in [3.63, 3.8) is 0 Å². The number of benzene rings is 2. The van der Waals surface area contributed by atoms with Gasteiger partial charge in [-0.25, -0.2) is 0 Å². The molecule has 0 saturated carbocycles. The summed E-state index contributed by atoms with van der Waals surface area (Å²) in [5.41, 5.74) is 7.80. The van der Waals surface area contributed by atoms with Gasteiger partial charge in [-0.05, 0) is 24.4 Å². The van der Waals surface area contributed by atoms with Gasteiger partial charge in [0.1, 0.15) is 5.01 Å². The van der Waals surface area contributed by atoms with Crippen LogP contribution in [0, 0.1) is 0 Å². The van der Waals surface area contributed by atoms with Crippen LogP contribution in [0.4, 0.5) is 10.8 Å². The minimum Gasteiger partial charge on any atom is -0.331 e. The molecule has 2 aromatic carbocycles. The molecule has 0 amide bonds. The summed E-state index contributed by atoms with van der Waals surface area (Å²) in [6.45, 7) is 0. The first-order valence-corrected chi connectivity index (χ1v) is 7.81. The topological polar surface area (TPSA) is 61.9 Å². The Labute approximate surface area is 137 Å². The summed E-state index contributed by atoms with van der Waals surface area (Å²) in [6.07, 6.45) is 0. The van der Waals surface area contributed by atoms with E-state index in [9.17, 15) is 0 Å². The van der Waals surface area contributed by atoms with Crippen molar-refractivity contribution >= 4 is 39.5 Å². The van der Waals surface area contributed by atoms with Crippen molar-refractivity contribution < 1.29 is 0 Å². The van der Waals surface area contributed by atoms with Crippen molar-refractivity contribution in [2.75, 3.05) is 10.7 Å². The molecule has 0 atom stereocenters. The Morgan fingerprint density at radius 3 is 2.32 bits per heavy atom. The Kier molecular flexibility index (Phi) is 4.57. The van der Waals surface area contributed by atoms with E-state index in [1.54, 1.807) is 0 Å². The van der Waals surface area contributed by atoms with E-state index in [4.69, 9.17) is 12.2 Å². The molecule has 110 valence electrons. The number of nitrogens with zero attached hydrogens (tertiary/aromatic N) is 2. The quantitative estimate of drug-likeness (QED) is 0.503. The molecule has 3 N–H and O–H groups in total. The normalized spacial score (nSPS) is 10.0. The molecule has 0 saturated heterocycles. The Bertz CT molecular complexity index is 743. The van der Waals surface area contributed by atoms with Crippen LogP contribution in [0.2, 0.25) is 0 Å². The number of hydrazine groups is 1. The van der Waals surface area contributed by atoms with Crippen LogP contribution in [-0.4, -0.2) is 15.3 Å². The molecule has 3 rings (SSSR count). The van der Waals surface area contributed by atoms with E-state index in [0.717, 1.165) is 16.3 Å². The molecule has 1 aromatic heterocycles. The zero-order valence-corrected chi connectivity index (χ0v) is 13.1. The minimum atomic E-state index is 0.461. The second kappa shape index (κ2) is 6.97. The Hall–Kier alpha value is -2.51. The van der Waals surface area contributed by atoms with E-state index in [0.29, 0.717) is 10.2 Å². The van der Waals surface area contributed by atoms with E-state index in [1.165, 1.54) is 11.3 Å². The molecular formula is C15H13N5S2. The number of hydrogen-bond donors (Lipinski definition) is 3. The molecule has 7 heteroatoms. The summed E-state index contributed by atoms with van der Waals surface area (Å²) in [7, 11) is 0. The number of anilines is 2. The smallest absolute Gasteiger partial charge is 0.224 e. The first-order valence-electron chi connectivity index (χ1n) is 6.58. The van der Waals surface area contributed by atoms with Crippen molar-refractivity contribution in [2.45, 2.75) is 0 Å². The summed E-state index contributed by atoms with van der Waals surface area (Å²) in [5, 5.41) is 13.3. The number of nitrogens with one attached hydrogen (secondary N) is 3.